The van der Waals surface area contributed by atoms with Crippen molar-refractivity contribution >= 4 is 45.6 Å². The lowest BCUT2D eigenvalue weighted by atomic mass is 10.2. The van der Waals surface area contributed by atoms with Crippen molar-refractivity contribution in [1.29, 1.82) is 0 Å². The third kappa shape index (κ3) is 4.57. The summed E-state index contributed by atoms with van der Waals surface area (Å²) in [6.45, 7) is 2.03. The van der Waals surface area contributed by atoms with E-state index in [1.54, 1.807) is 0 Å². The van der Waals surface area contributed by atoms with Crippen LogP contribution in [0, 0.1) is 20.6 Å². The maximum Gasteiger partial charge on any atom is 0.273 e. The van der Waals surface area contributed by atoms with Gasteiger partial charge < -0.3 is 15.4 Å². The summed E-state index contributed by atoms with van der Waals surface area (Å²) in [5.41, 5.74) is 2.20. The Hall–Kier alpha value is -2.36. The van der Waals surface area contributed by atoms with E-state index in [9.17, 15) is 14.9 Å². The number of carbonyl (C=O) groups excluding carboxylic acids is 1. The number of hydrogen-bond donors (Lipinski definition) is 2. The van der Waals surface area contributed by atoms with Crippen LogP contribution in [-0.2, 0) is 4.79 Å². The second-order valence-corrected chi connectivity index (χ2v) is 6.25. The molecule has 2 aromatic rings. The number of halogens is 1. The first kappa shape index (κ1) is 18.0. The summed E-state index contributed by atoms with van der Waals surface area (Å²) in [6.07, 6.45) is 0. The molecule has 0 aromatic heterocycles. The minimum absolute atomic E-state index is 0.0710. The van der Waals surface area contributed by atoms with Gasteiger partial charge >= 0.3 is 0 Å². The first-order valence-electron chi connectivity index (χ1n) is 7.03. The fraction of sp³-hybridized carbons (Fsp3) is 0.188. The zero-order chi connectivity index (χ0) is 17.7. The van der Waals surface area contributed by atoms with Gasteiger partial charge in [0.05, 0.1) is 30.3 Å². The van der Waals surface area contributed by atoms with Crippen LogP contribution in [0.1, 0.15) is 5.56 Å². The van der Waals surface area contributed by atoms with Crippen molar-refractivity contribution in [3.8, 4) is 5.75 Å². The topological polar surface area (TPSA) is 93.5 Å². The Morgan fingerprint density at radius 3 is 2.58 bits per heavy atom. The number of aryl methyl sites for hydroxylation is 1. The highest BCUT2D eigenvalue weighted by molar-refractivity contribution is 14.1. The van der Waals surface area contributed by atoms with Crippen molar-refractivity contribution in [2.45, 2.75) is 6.92 Å². The van der Waals surface area contributed by atoms with E-state index in [2.05, 4.69) is 33.2 Å². The minimum Gasteiger partial charge on any atom is -0.494 e. The largest absolute Gasteiger partial charge is 0.494 e. The lowest BCUT2D eigenvalue weighted by Crippen LogP contribution is -2.22. The van der Waals surface area contributed by atoms with Crippen molar-refractivity contribution in [2.75, 3.05) is 24.3 Å². The average Bonchev–Trinajstić information content (AvgIpc) is 2.54. The molecule has 0 bridgehead atoms. The standard InChI is InChI=1S/C16H16IN3O4/c1-10-7-11(17)3-5-13(10)18-9-16(21)19-14-6-4-12(20(22)23)8-15(14)24-2/h3-8,18H,9H2,1-2H3,(H,19,21). The fourth-order valence-electron chi connectivity index (χ4n) is 2.09. The molecule has 0 aliphatic rings. The summed E-state index contributed by atoms with van der Waals surface area (Å²) in [6, 6.07) is 9.91. The van der Waals surface area contributed by atoms with E-state index in [0.29, 0.717) is 5.69 Å². The van der Waals surface area contributed by atoms with Gasteiger partial charge in [0.15, 0.2) is 0 Å². The van der Waals surface area contributed by atoms with Gasteiger partial charge in [-0.1, -0.05) is 0 Å². The Morgan fingerprint density at radius 2 is 1.96 bits per heavy atom. The van der Waals surface area contributed by atoms with Gasteiger partial charge in [0.25, 0.3) is 5.69 Å². The number of benzene rings is 2. The summed E-state index contributed by atoms with van der Waals surface area (Å²) in [7, 11) is 1.39. The lowest BCUT2D eigenvalue weighted by molar-refractivity contribution is -0.384. The van der Waals surface area contributed by atoms with Gasteiger partial charge in [-0.05, 0) is 59.3 Å². The number of nitrogens with zero attached hydrogens (tertiary/aromatic N) is 1. The molecule has 0 atom stereocenters. The summed E-state index contributed by atoms with van der Waals surface area (Å²) in [5.74, 6) is -0.0388. The van der Waals surface area contributed by atoms with Gasteiger partial charge in [-0.2, -0.15) is 0 Å². The van der Waals surface area contributed by atoms with Crippen LogP contribution in [-0.4, -0.2) is 24.5 Å². The van der Waals surface area contributed by atoms with Crippen molar-refractivity contribution in [1.82, 2.24) is 0 Å². The van der Waals surface area contributed by atoms with E-state index < -0.39 is 4.92 Å². The summed E-state index contributed by atoms with van der Waals surface area (Å²) in [4.78, 5) is 22.3. The van der Waals surface area contributed by atoms with Crippen molar-refractivity contribution in [3.63, 3.8) is 0 Å². The Bertz CT molecular complexity index is 780. The van der Waals surface area contributed by atoms with E-state index in [1.807, 2.05) is 25.1 Å². The quantitative estimate of drug-likeness (QED) is 0.406. The van der Waals surface area contributed by atoms with Crippen molar-refractivity contribution in [2.24, 2.45) is 0 Å². The van der Waals surface area contributed by atoms with Crippen LogP contribution in [0.2, 0.25) is 0 Å². The number of amides is 1. The first-order chi connectivity index (χ1) is 11.4. The highest BCUT2D eigenvalue weighted by Crippen LogP contribution is 2.29. The van der Waals surface area contributed by atoms with Gasteiger partial charge in [-0.15, -0.1) is 0 Å². The Labute approximate surface area is 152 Å². The number of rotatable bonds is 6. The molecule has 0 unspecified atom stereocenters. The molecule has 0 radical (unpaired) electrons. The molecular formula is C16H16IN3O4. The number of nitro groups is 1. The van der Waals surface area contributed by atoms with Crippen LogP contribution in [0.25, 0.3) is 0 Å². The Kier molecular flexibility index (Phi) is 5.96. The molecule has 0 fully saturated rings. The number of hydrogen-bond acceptors (Lipinski definition) is 5. The van der Waals surface area contributed by atoms with E-state index >= 15 is 0 Å². The first-order valence-corrected chi connectivity index (χ1v) is 8.11. The number of nitro benzene ring substituents is 1. The monoisotopic (exact) mass is 441 g/mol. The van der Waals surface area contributed by atoms with E-state index in [0.717, 1.165) is 14.8 Å². The van der Waals surface area contributed by atoms with E-state index in [1.165, 1.54) is 25.3 Å². The highest BCUT2D eigenvalue weighted by atomic mass is 127. The predicted octanol–water partition coefficient (Wildman–Crippen LogP) is 3.57. The summed E-state index contributed by atoms with van der Waals surface area (Å²) >= 11 is 2.22. The maximum absolute atomic E-state index is 12.1. The SMILES string of the molecule is COc1cc([N+](=O)[O-])ccc1NC(=O)CNc1ccc(I)cc1C. The maximum atomic E-state index is 12.1. The molecule has 7 nitrogen and oxygen atoms in total. The van der Waals surface area contributed by atoms with Gasteiger partial charge in [-0.3, -0.25) is 14.9 Å². The normalized spacial score (nSPS) is 10.1. The van der Waals surface area contributed by atoms with Crippen LogP contribution in [0.15, 0.2) is 36.4 Å². The van der Waals surface area contributed by atoms with E-state index in [4.69, 9.17) is 4.74 Å². The lowest BCUT2D eigenvalue weighted by Gasteiger charge is -2.12. The second kappa shape index (κ2) is 7.95. The molecule has 1 amide bonds. The number of ether oxygens (including phenoxy) is 1. The molecule has 0 saturated carbocycles. The van der Waals surface area contributed by atoms with Crippen LogP contribution in [0.3, 0.4) is 0 Å². The molecule has 0 heterocycles. The minimum atomic E-state index is -0.519. The van der Waals surface area contributed by atoms with Crippen molar-refractivity contribution in [3.05, 3.63) is 55.6 Å². The van der Waals surface area contributed by atoms with Gasteiger partial charge in [0.2, 0.25) is 5.91 Å². The molecule has 8 heteroatoms. The number of nitrogens with one attached hydrogen (secondary N) is 2. The highest BCUT2D eigenvalue weighted by Gasteiger charge is 2.13. The predicted molar refractivity (Wildman–Crippen MR) is 101 cm³/mol. The molecule has 0 aliphatic carbocycles. The fourth-order valence-corrected chi connectivity index (χ4v) is 2.74. The molecule has 24 heavy (non-hydrogen) atoms. The van der Waals surface area contributed by atoms with Crippen LogP contribution < -0.4 is 15.4 Å². The van der Waals surface area contributed by atoms with Gasteiger partial charge in [-0.25, -0.2) is 0 Å². The molecule has 126 valence electrons. The third-order valence-corrected chi connectivity index (χ3v) is 3.97. The molecule has 0 spiro atoms. The van der Waals surface area contributed by atoms with Gasteiger partial charge in [0.1, 0.15) is 5.75 Å². The van der Waals surface area contributed by atoms with E-state index in [-0.39, 0.29) is 23.9 Å². The van der Waals surface area contributed by atoms with Crippen molar-refractivity contribution < 1.29 is 14.5 Å². The Morgan fingerprint density at radius 1 is 1.25 bits per heavy atom. The van der Waals surface area contributed by atoms with Crippen LogP contribution in [0.5, 0.6) is 5.75 Å². The van der Waals surface area contributed by atoms with Crippen LogP contribution >= 0.6 is 22.6 Å². The second-order valence-electron chi connectivity index (χ2n) is 5.00. The number of methoxy groups -OCH3 is 1. The molecule has 2 aromatic carbocycles. The molecule has 0 aliphatic heterocycles. The molecule has 2 rings (SSSR count). The third-order valence-electron chi connectivity index (χ3n) is 3.30. The van der Waals surface area contributed by atoms with Gasteiger partial charge in [0, 0.05) is 15.3 Å². The number of non-ortho nitro benzene ring substituents is 1. The Balaban J connectivity index is 2.03. The van der Waals surface area contributed by atoms with Crippen LogP contribution in [0.4, 0.5) is 17.1 Å². The number of anilines is 2. The molecule has 2 N–H and O–H groups in total. The number of carbonyl (C=O) groups is 1. The molecular weight excluding hydrogens is 425 g/mol. The smallest absolute Gasteiger partial charge is 0.273 e. The summed E-state index contributed by atoms with van der Waals surface area (Å²) < 4.78 is 6.21. The zero-order valence-corrected chi connectivity index (χ0v) is 15.3. The summed E-state index contributed by atoms with van der Waals surface area (Å²) in [5, 5.41) is 16.5. The average molecular weight is 441 g/mol. The molecule has 0 saturated heterocycles. The zero-order valence-electron chi connectivity index (χ0n) is 13.1.